The van der Waals surface area contributed by atoms with Crippen LogP contribution in [-0.2, 0) is 36.4 Å². The molecule has 0 saturated heterocycles. The maximum atomic E-state index is 13.3. The molecular formula is C32H35NO6S. The summed E-state index contributed by atoms with van der Waals surface area (Å²) >= 11 is -2.06. The van der Waals surface area contributed by atoms with Crippen molar-refractivity contribution in [2.45, 2.75) is 68.6 Å². The van der Waals surface area contributed by atoms with Gasteiger partial charge < -0.3 is 15.6 Å². The third kappa shape index (κ3) is 4.38. The number of ketones is 1. The molecule has 8 heteroatoms. The molecule has 0 bridgehead atoms. The molecule has 1 aliphatic heterocycles. The first-order valence-electron chi connectivity index (χ1n) is 14.0. The monoisotopic (exact) mass is 561 g/mol. The van der Waals surface area contributed by atoms with Gasteiger partial charge in [0.15, 0.2) is 23.4 Å². The Hall–Kier alpha value is -3.04. The highest BCUT2D eigenvalue weighted by atomic mass is 32.2. The van der Waals surface area contributed by atoms with E-state index in [1.165, 1.54) is 11.1 Å². The highest BCUT2D eigenvalue weighted by molar-refractivity contribution is 7.75. The van der Waals surface area contributed by atoms with E-state index in [4.69, 9.17) is 18.8 Å². The van der Waals surface area contributed by atoms with E-state index in [0.29, 0.717) is 31.4 Å². The van der Waals surface area contributed by atoms with Crippen LogP contribution < -0.4 is 10.5 Å². The Bertz CT molecular complexity index is 1410. The van der Waals surface area contributed by atoms with Gasteiger partial charge in [-0.25, -0.2) is 0 Å². The number of aromatic hydroxyl groups is 1. The van der Waals surface area contributed by atoms with Gasteiger partial charge in [-0.05, 0) is 54.9 Å². The van der Waals surface area contributed by atoms with Crippen LogP contribution in [0.25, 0.3) is 11.1 Å². The molecule has 3 aromatic rings. The van der Waals surface area contributed by atoms with Gasteiger partial charge in [0.1, 0.15) is 5.60 Å². The Kier molecular flexibility index (Phi) is 7.29. The lowest BCUT2D eigenvalue weighted by atomic mass is 9.49. The topological polar surface area (TPSA) is 108 Å². The van der Waals surface area contributed by atoms with Crippen LogP contribution in [0.15, 0.2) is 72.8 Å². The molecule has 6 atom stereocenters. The summed E-state index contributed by atoms with van der Waals surface area (Å²) in [5, 5.41) is 10.6. The van der Waals surface area contributed by atoms with Crippen LogP contribution >= 0.6 is 0 Å². The van der Waals surface area contributed by atoms with Crippen molar-refractivity contribution in [1.29, 1.82) is 0 Å². The first-order valence-corrected chi connectivity index (χ1v) is 15.0. The average Bonchev–Trinajstić information content (AvgIpc) is 3.33. The predicted octanol–water partition coefficient (Wildman–Crippen LogP) is 5.16. The Morgan fingerprint density at radius 3 is 2.55 bits per heavy atom. The van der Waals surface area contributed by atoms with E-state index in [1.54, 1.807) is 12.1 Å². The van der Waals surface area contributed by atoms with Crippen molar-refractivity contribution in [3.8, 4) is 22.6 Å². The summed E-state index contributed by atoms with van der Waals surface area (Å²) in [5.74, 6) is 0.0370. The second-order valence-electron chi connectivity index (χ2n) is 11.2. The zero-order valence-electron chi connectivity index (χ0n) is 22.6. The number of carbonyl (C=O) groups excluding carboxylic acids is 1. The number of phenolic OH excluding ortho intramolecular Hbond substituents is 1. The Morgan fingerprint density at radius 2 is 1.77 bits per heavy atom. The molecular weight excluding hydrogens is 526 g/mol. The maximum absolute atomic E-state index is 13.3. The molecule has 2 fully saturated rings. The van der Waals surface area contributed by atoms with E-state index in [9.17, 15) is 14.1 Å². The summed E-state index contributed by atoms with van der Waals surface area (Å²) in [6.07, 6.45) is 2.39. The summed E-state index contributed by atoms with van der Waals surface area (Å²) in [6.45, 7) is 2.25. The number of ether oxygens (including phenoxy) is 1. The molecule has 6 rings (SSSR count). The van der Waals surface area contributed by atoms with Gasteiger partial charge in [-0.3, -0.25) is 13.2 Å². The SMILES string of the molecule is CC1C(N)CCC23c4cccc(O)c4OC2C(=O)CCC13OS(=O)OCCCc1ccc(-c2ccccc2)cc1. The molecule has 3 aromatic carbocycles. The van der Waals surface area contributed by atoms with E-state index < -0.39 is 28.5 Å². The summed E-state index contributed by atoms with van der Waals surface area (Å²) in [6, 6.07) is 23.6. The predicted molar refractivity (Wildman–Crippen MR) is 153 cm³/mol. The minimum Gasteiger partial charge on any atom is -0.504 e. The Morgan fingerprint density at radius 1 is 1.02 bits per heavy atom. The maximum Gasteiger partial charge on any atom is 0.305 e. The number of rotatable bonds is 8. The highest BCUT2D eigenvalue weighted by Crippen LogP contribution is 2.64. The third-order valence-corrected chi connectivity index (χ3v) is 10.1. The minimum absolute atomic E-state index is 0.0142. The quantitative estimate of drug-likeness (QED) is 0.366. The lowest BCUT2D eigenvalue weighted by Gasteiger charge is -2.58. The van der Waals surface area contributed by atoms with Gasteiger partial charge in [0.25, 0.3) is 0 Å². The molecule has 3 N–H and O–H groups in total. The third-order valence-electron chi connectivity index (χ3n) is 9.27. The fourth-order valence-electron chi connectivity index (χ4n) is 7.15. The zero-order valence-corrected chi connectivity index (χ0v) is 23.4. The largest absolute Gasteiger partial charge is 0.504 e. The van der Waals surface area contributed by atoms with Crippen LogP contribution in [0, 0.1) is 5.92 Å². The van der Waals surface area contributed by atoms with E-state index in [2.05, 4.69) is 36.4 Å². The van der Waals surface area contributed by atoms with Crippen molar-refractivity contribution in [2.24, 2.45) is 11.7 Å². The summed E-state index contributed by atoms with van der Waals surface area (Å²) < 4.78 is 31.5. The van der Waals surface area contributed by atoms with Crippen molar-refractivity contribution in [3.63, 3.8) is 0 Å². The second kappa shape index (κ2) is 10.7. The lowest BCUT2D eigenvalue weighted by Crippen LogP contribution is -2.71. The lowest BCUT2D eigenvalue weighted by molar-refractivity contribution is -0.163. The van der Waals surface area contributed by atoms with Gasteiger partial charge in [0, 0.05) is 23.9 Å². The van der Waals surface area contributed by atoms with Crippen LogP contribution in [0.2, 0.25) is 0 Å². The molecule has 1 spiro atoms. The number of fused-ring (bicyclic) bond motifs is 1. The molecule has 2 saturated carbocycles. The number of Topliss-reactive ketones (excluding diaryl/α,β-unsaturated/α-hetero) is 1. The van der Waals surface area contributed by atoms with Crippen molar-refractivity contribution in [2.75, 3.05) is 6.61 Å². The Balaban J connectivity index is 1.16. The highest BCUT2D eigenvalue weighted by Gasteiger charge is 2.72. The number of nitrogens with two attached hydrogens (primary N) is 1. The molecule has 40 heavy (non-hydrogen) atoms. The van der Waals surface area contributed by atoms with E-state index in [1.807, 2.05) is 31.2 Å². The van der Waals surface area contributed by atoms with Gasteiger partial charge in [-0.2, -0.15) is 4.21 Å². The molecule has 3 aliphatic rings. The van der Waals surface area contributed by atoms with Crippen molar-refractivity contribution >= 4 is 17.1 Å². The van der Waals surface area contributed by atoms with Gasteiger partial charge in [-0.15, -0.1) is 0 Å². The summed E-state index contributed by atoms with van der Waals surface area (Å²) in [4.78, 5) is 13.2. The first-order chi connectivity index (χ1) is 19.4. The van der Waals surface area contributed by atoms with E-state index >= 15 is 0 Å². The molecule has 1 heterocycles. The molecule has 0 radical (unpaired) electrons. The number of phenols is 1. The number of para-hydroxylation sites is 1. The molecule has 0 aromatic heterocycles. The molecule has 0 amide bonds. The fourth-order valence-corrected chi connectivity index (χ4v) is 8.08. The van der Waals surface area contributed by atoms with E-state index in [0.717, 1.165) is 17.5 Å². The number of aryl methyl sites for hydroxylation is 1. The molecule has 7 nitrogen and oxygen atoms in total. The van der Waals surface area contributed by atoms with Gasteiger partial charge in [0.2, 0.25) is 0 Å². The van der Waals surface area contributed by atoms with Gasteiger partial charge in [0.05, 0.1) is 12.0 Å². The molecule has 210 valence electrons. The normalized spacial score (nSPS) is 29.6. The van der Waals surface area contributed by atoms with Crippen LogP contribution in [0.1, 0.15) is 50.2 Å². The van der Waals surface area contributed by atoms with Crippen LogP contribution in [0.3, 0.4) is 0 Å². The van der Waals surface area contributed by atoms with Gasteiger partial charge >= 0.3 is 11.4 Å². The Labute approximate surface area is 237 Å². The minimum atomic E-state index is -2.06. The summed E-state index contributed by atoms with van der Waals surface area (Å²) in [5.41, 5.74) is 8.85. The van der Waals surface area contributed by atoms with Gasteiger partial charge in [-0.1, -0.05) is 73.7 Å². The first kappa shape index (κ1) is 27.1. The van der Waals surface area contributed by atoms with Crippen molar-refractivity contribution in [1.82, 2.24) is 0 Å². The van der Waals surface area contributed by atoms with Crippen LogP contribution in [0.5, 0.6) is 11.5 Å². The van der Waals surface area contributed by atoms with Crippen LogP contribution in [-0.4, -0.2) is 39.5 Å². The van der Waals surface area contributed by atoms with Crippen LogP contribution in [0.4, 0.5) is 0 Å². The average molecular weight is 562 g/mol. The second-order valence-corrected chi connectivity index (χ2v) is 12.1. The summed E-state index contributed by atoms with van der Waals surface area (Å²) in [7, 11) is 0. The number of hydrogen-bond donors (Lipinski definition) is 2. The van der Waals surface area contributed by atoms with Crippen molar-refractivity contribution in [3.05, 3.63) is 83.9 Å². The number of benzene rings is 3. The molecule has 2 aliphatic carbocycles. The fraction of sp³-hybridized carbons (Fsp3) is 0.406. The number of hydrogen-bond acceptors (Lipinski definition) is 7. The smallest absolute Gasteiger partial charge is 0.305 e. The standard InChI is InChI=1S/C32H35NO6S/c1-21-26(33)16-18-31-25-10-5-11-27(34)29(25)38-30(31)28(35)17-19-32(21,31)39-40(36)37-20-6-7-22-12-14-24(15-13-22)23-8-3-2-4-9-23/h2-5,8-15,21,26,30,34H,6-7,16-20,33H2,1H3. The van der Waals surface area contributed by atoms with E-state index in [-0.39, 0.29) is 36.5 Å². The number of carbonyl (C=O) groups is 1. The zero-order chi connectivity index (χ0) is 27.9. The van der Waals surface area contributed by atoms with Crippen molar-refractivity contribution < 1.29 is 27.2 Å². The molecule has 6 unspecified atom stereocenters.